The molecule has 80 valence electrons. The first-order chi connectivity index (χ1) is 6.93. The molecule has 0 aliphatic heterocycles. The summed E-state index contributed by atoms with van der Waals surface area (Å²) in [5.41, 5.74) is 0. The van der Waals surface area contributed by atoms with Gasteiger partial charge in [-0.15, -0.1) is 0 Å². The molecule has 0 amide bonds. The Balaban J connectivity index is 1.85. The van der Waals surface area contributed by atoms with Gasteiger partial charge < -0.3 is 19.6 Å². The molecule has 0 radical (unpaired) electrons. The predicted molar refractivity (Wildman–Crippen MR) is 52.9 cm³/mol. The van der Waals surface area contributed by atoms with Crippen LogP contribution in [0.4, 0.5) is 0 Å². The van der Waals surface area contributed by atoms with E-state index in [4.69, 9.17) is 14.3 Å². The normalized spacial score (nSPS) is 10.6. The molecular formula is C10H17NO3. The highest BCUT2D eigenvalue weighted by atomic mass is 16.5. The van der Waals surface area contributed by atoms with E-state index in [1.807, 2.05) is 12.1 Å². The van der Waals surface area contributed by atoms with Gasteiger partial charge in [-0.1, -0.05) is 0 Å². The first-order valence-electron chi connectivity index (χ1n) is 4.85. The van der Waals surface area contributed by atoms with Crippen molar-refractivity contribution in [1.29, 1.82) is 0 Å². The lowest BCUT2D eigenvalue weighted by Crippen LogP contribution is -2.16. The zero-order chi connectivity index (χ0) is 10.1. The minimum Gasteiger partial charge on any atom is -0.468 e. The fourth-order valence-corrected chi connectivity index (χ4v) is 1.09. The van der Waals surface area contributed by atoms with Crippen molar-refractivity contribution >= 4 is 0 Å². The van der Waals surface area contributed by atoms with Gasteiger partial charge in [0.2, 0.25) is 0 Å². The number of furan rings is 1. The minimum atomic E-state index is 0.0970. The molecule has 0 aliphatic carbocycles. The number of rotatable bonds is 8. The largest absolute Gasteiger partial charge is 0.468 e. The Morgan fingerprint density at radius 2 is 2.36 bits per heavy atom. The predicted octanol–water partition coefficient (Wildman–Crippen LogP) is 0.768. The first kappa shape index (κ1) is 11.2. The molecule has 1 aromatic rings. The van der Waals surface area contributed by atoms with Gasteiger partial charge in [0, 0.05) is 6.61 Å². The second-order valence-corrected chi connectivity index (χ2v) is 2.95. The molecule has 0 unspecified atom stereocenters. The highest BCUT2D eigenvalue weighted by Gasteiger charge is 1.93. The fourth-order valence-electron chi connectivity index (χ4n) is 1.09. The van der Waals surface area contributed by atoms with E-state index in [0.717, 1.165) is 25.3 Å². The van der Waals surface area contributed by atoms with Gasteiger partial charge in [-0.25, -0.2) is 0 Å². The van der Waals surface area contributed by atoms with Crippen molar-refractivity contribution in [1.82, 2.24) is 5.32 Å². The van der Waals surface area contributed by atoms with Crippen molar-refractivity contribution in [2.75, 3.05) is 26.4 Å². The van der Waals surface area contributed by atoms with E-state index in [0.29, 0.717) is 13.2 Å². The molecule has 4 heteroatoms. The summed E-state index contributed by atoms with van der Waals surface area (Å²) in [4.78, 5) is 0. The van der Waals surface area contributed by atoms with Crippen LogP contribution < -0.4 is 5.32 Å². The van der Waals surface area contributed by atoms with Crippen molar-refractivity contribution in [2.45, 2.75) is 13.0 Å². The van der Waals surface area contributed by atoms with Crippen molar-refractivity contribution in [3.05, 3.63) is 24.2 Å². The third-order valence-corrected chi connectivity index (χ3v) is 1.76. The van der Waals surface area contributed by atoms with Gasteiger partial charge >= 0.3 is 0 Å². The second kappa shape index (κ2) is 7.55. The molecule has 14 heavy (non-hydrogen) atoms. The van der Waals surface area contributed by atoms with Crippen LogP contribution in [0, 0.1) is 0 Å². The van der Waals surface area contributed by atoms with Crippen LogP contribution in [0.25, 0.3) is 0 Å². The van der Waals surface area contributed by atoms with Gasteiger partial charge in [-0.2, -0.15) is 0 Å². The van der Waals surface area contributed by atoms with E-state index in [-0.39, 0.29) is 6.61 Å². The number of aliphatic hydroxyl groups is 1. The maximum Gasteiger partial charge on any atom is 0.117 e. The van der Waals surface area contributed by atoms with Crippen LogP contribution in [0.15, 0.2) is 22.8 Å². The maximum absolute atomic E-state index is 8.44. The molecule has 0 saturated carbocycles. The van der Waals surface area contributed by atoms with E-state index in [9.17, 15) is 0 Å². The van der Waals surface area contributed by atoms with E-state index in [1.165, 1.54) is 0 Å². The highest BCUT2D eigenvalue weighted by Crippen LogP contribution is 1.98. The Hall–Kier alpha value is -0.840. The number of aliphatic hydroxyl groups excluding tert-OH is 1. The Morgan fingerprint density at radius 1 is 1.43 bits per heavy atom. The summed E-state index contributed by atoms with van der Waals surface area (Å²) in [5, 5.41) is 11.7. The molecule has 0 aromatic carbocycles. The highest BCUT2D eigenvalue weighted by molar-refractivity contribution is 4.97. The molecule has 0 aliphatic rings. The van der Waals surface area contributed by atoms with Crippen molar-refractivity contribution in [2.24, 2.45) is 0 Å². The SMILES string of the molecule is OCCOCCCNCc1ccco1. The summed E-state index contributed by atoms with van der Waals surface area (Å²) >= 11 is 0. The molecule has 4 nitrogen and oxygen atoms in total. The smallest absolute Gasteiger partial charge is 0.117 e. The minimum absolute atomic E-state index is 0.0970. The monoisotopic (exact) mass is 199 g/mol. The van der Waals surface area contributed by atoms with Gasteiger partial charge in [0.15, 0.2) is 0 Å². The molecule has 0 fully saturated rings. The molecule has 2 N–H and O–H groups in total. The van der Waals surface area contributed by atoms with Crippen LogP contribution in [0.5, 0.6) is 0 Å². The molecular weight excluding hydrogens is 182 g/mol. The number of hydrogen-bond acceptors (Lipinski definition) is 4. The van der Waals surface area contributed by atoms with Crippen molar-refractivity contribution in [3.8, 4) is 0 Å². The lowest BCUT2D eigenvalue weighted by Gasteiger charge is -2.03. The van der Waals surface area contributed by atoms with E-state index >= 15 is 0 Å². The van der Waals surface area contributed by atoms with Gasteiger partial charge in [0.1, 0.15) is 5.76 Å². The molecule has 1 aromatic heterocycles. The molecule has 0 saturated heterocycles. The van der Waals surface area contributed by atoms with Crippen molar-refractivity contribution in [3.63, 3.8) is 0 Å². The average Bonchev–Trinajstić information content (AvgIpc) is 2.69. The van der Waals surface area contributed by atoms with Gasteiger partial charge in [0.25, 0.3) is 0 Å². The van der Waals surface area contributed by atoms with E-state index < -0.39 is 0 Å². The zero-order valence-corrected chi connectivity index (χ0v) is 8.24. The Bertz CT molecular complexity index is 211. The Morgan fingerprint density at radius 3 is 3.07 bits per heavy atom. The Kier molecular flexibility index (Phi) is 6.06. The van der Waals surface area contributed by atoms with Gasteiger partial charge in [-0.05, 0) is 25.1 Å². The summed E-state index contributed by atoms with van der Waals surface area (Å²) in [5.74, 6) is 0.946. The average molecular weight is 199 g/mol. The number of nitrogens with one attached hydrogen (secondary N) is 1. The maximum atomic E-state index is 8.44. The van der Waals surface area contributed by atoms with E-state index in [1.54, 1.807) is 6.26 Å². The molecule has 0 bridgehead atoms. The van der Waals surface area contributed by atoms with Crippen LogP contribution in [-0.2, 0) is 11.3 Å². The molecule has 1 rings (SSSR count). The van der Waals surface area contributed by atoms with Gasteiger partial charge in [-0.3, -0.25) is 0 Å². The second-order valence-electron chi connectivity index (χ2n) is 2.95. The third-order valence-electron chi connectivity index (χ3n) is 1.76. The van der Waals surface area contributed by atoms with Gasteiger partial charge in [0.05, 0.1) is 26.0 Å². The van der Waals surface area contributed by atoms with Crippen molar-refractivity contribution < 1.29 is 14.3 Å². The van der Waals surface area contributed by atoms with E-state index in [2.05, 4.69) is 5.32 Å². The number of ether oxygens (including phenoxy) is 1. The van der Waals surface area contributed by atoms with Crippen LogP contribution in [0.3, 0.4) is 0 Å². The van der Waals surface area contributed by atoms with Crippen LogP contribution >= 0.6 is 0 Å². The molecule has 0 spiro atoms. The third kappa shape index (κ3) is 5.01. The molecule has 1 heterocycles. The summed E-state index contributed by atoms with van der Waals surface area (Å²) in [6.07, 6.45) is 2.61. The molecule has 0 atom stereocenters. The standard InChI is InChI=1S/C10H17NO3/c12-5-8-13-6-2-4-11-9-10-3-1-7-14-10/h1,3,7,11-12H,2,4-6,8-9H2. The Labute approximate surface area is 83.9 Å². The lowest BCUT2D eigenvalue weighted by molar-refractivity contribution is 0.0906. The topological polar surface area (TPSA) is 54.6 Å². The van der Waals surface area contributed by atoms with Crippen LogP contribution in [-0.4, -0.2) is 31.5 Å². The summed E-state index contributed by atoms with van der Waals surface area (Å²) in [6.45, 7) is 2.86. The zero-order valence-electron chi connectivity index (χ0n) is 8.24. The summed E-state index contributed by atoms with van der Waals surface area (Å²) in [7, 11) is 0. The fraction of sp³-hybridized carbons (Fsp3) is 0.600. The first-order valence-corrected chi connectivity index (χ1v) is 4.85. The van der Waals surface area contributed by atoms with Crippen LogP contribution in [0.2, 0.25) is 0 Å². The number of hydrogen-bond donors (Lipinski definition) is 2. The quantitative estimate of drug-likeness (QED) is 0.607. The summed E-state index contributed by atoms with van der Waals surface area (Å²) in [6, 6.07) is 3.82. The summed E-state index contributed by atoms with van der Waals surface area (Å²) < 4.78 is 10.3. The lowest BCUT2D eigenvalue weighted by atomic mass is 10.4. The van der Waals surface area contributed by atoms with Crippen LogP contribution in [0.1, 0.15) is 12.2 Å².